The number of likely N-dealkylation sites (N-methyl/N-ethyl adjacent to an activating group) is 1. The van der Waals surface area contributed by atoms with Crippen molar-refractivity contribution in [3.8, 4) is 0 Å². The highest BCUT2D eigenvalue weighted by Crippen LogP contribution is 2.19. The van der Waals surface area contributed by atoms with E-state index >= 15 is 0 Å². The molecule has 0 spiro atoms. The molecule has 0 bridgehead atoms. The molecule has 4 heteroatoms. The second-order valence-electron chi connectivity index (χ2n) is 4.25. The Bertz CT molecular complexity index is 373. The quantitative estimate of drug-likeness (QED) is 0.830. The molecular weight excluding hydrogens is 297 g/mol. The maximum absolute atomic E-state index is 13.2. The lowest BCUT2D eigenvalue weighted by Crippen LogP contribution is -2.40. The molecule has 0 amide bonds. The molecule has 102 valence electrons. The SMILES string of the molecule is CCOC(CC)C(Cc1ccc(F)c(Br)c1)NC. The molecule has 1 aromatic rings. The van der Waals surface area contributed by atoms with Gasteiger partial charge in [0.1, 0.15) is 5.82 Å². The standard InChI is InChI=1S/C14H21BrFNO/c1-4-14(18-5-2)13(17-3)9-10-6-7-12(16)11(15)8-10/h6-8,13-14,17H,4-5,9H2,1-3H3. The largest absolute Gasteiger partial charge is 0.377 e. The summed E-state index contributed by atoms with van der Waals surface area (Å²) in [4.78, 5) is 0. The first-order chi connectivity index (χ1) is 8.62. The predicted octanol–water partition coefficient (Wildman–Crippen LogP) is 3.53. The van der Waals surface area contributed by atoms with E-state index in [-0.39, 0.29) is 18.0 Å². The molecule has 2 unspecified atom stereocenters. The fourth-order valence-corrected chi connectivity index (χ4v) is 2.50. The number of benzene rings is 1. The van der Waals surface area contributed by atoms with E-state index in [0.29, 0.717) is 11.1 Å². The van der Waals surface area contributed by atoms with Crippen LogP contribution in [0.25, 0.3) is 0 Å². The number of hydrogen-bond donors (Lipinski definition) is 1. The molecular formula is C14H21BrFNO. The van der Waals surface area contributed by atoms with Crippen molar-refractivity contribution in [2.75, 3.05) is 13.7 Å². The normalized spacial score (nSPS) is 14.5. The van der Waals surface area contributed by atoms with Gasteiger partial charge in [-0.3, -0.25) is 0 Å². The third-order valence-electron chi connectivity index (χ3n) is 3.04. The zero-order valence-corrected chi connectivity index (χ0v) is 12.8. The summed E-state index contributed by atoms with van der Waals surface area (Å²) in [6.45, 7) is 4.83. The maximum Gasteiger partial charge on any atom is 0.137 e. The Labute approximate surface area is 117 Å². The molecule has 1 rings (SSSR count). The Kier molecular flexibility index (Phi) is 6.82. The van der Waals surface area contributed by atoms with Crippen LogP contribution in [0.4, 0.5) is 4.39 Å². The van der Waals surface area contributed by atoms with Crippen LogP contribution in [0.15, 0.2) is 22.7 Å². The summed E-state index contributed by atoms with van der Waals surface area (Å²) in [7, 11) is 1.94. The molecule has 0 radical (unpaired) electrons. The van der Waals surface area contributed by atoms with Crippen molar-refractivity contribution in [1.82, 2.24) is 5.32 Å². The maximum atomic E-state index is 13.2. The second kappa shape index (κ2) is 7.87. The van der Waals surface area contributed by atoms with Crippen molar-refractivity contribution in [1.29, 1.82) is 0 Å². The summed E-state index contributed by atoms with van der Waals surface area (Å²) >= 11 is 3.22. The first kappa shape index (κ1) is 15.6. The van der Waals surface area contributed by atoms with Crippen molar-refractivity contribution in [3.05, 3.63) is 34.1 Å². The summed E-state index contributed by atoms with van der Waals surface area (Å²) in [5.74, 6) is -0.225. The Balaban J connectivity index is 2.74. The molecule has 0 aliphatic rings. The van der Waals surface area contributed by atoms with Gasteiger partial charge in [0.2, 0.25) is 0 Å². The van der Waals surface area contributed by atoms with Gasteiger partial charge in [0, 0.05) is 12.6 Å². The van der Waals surface area contributed by atoms with Gasteiger partial charge in [-0.2, -0.15) is 0 Å². The van der Waals surface area contributed by atoms with Gasteiger partial charge in [-0.15, -0.1) is 0 Å². The van der Waals surface area contributed by atoms with Gasteiger partial charge in [0.15, 0.2) is 0 Å². The zero-order chi connectivity index (χ0) is 13.5. The number of rotatable bonds is 7. The molecule has 1 N–H and O–H groups in total. The molecule has 0 aromatic heterocycles. The van der Waals surface area contributed by atoms with Crippen molar-refractivity contribution >= 4 is 15.9 Å². The number of nitrogens with one attached hydrogen (secondary N) is 1. The van der Waals surface area contributed by atoms with E-state index < -0.39 is 0 Å². The number of hydrogen-bond acceptors (Lipinski definition) is 2. The topological polar surface area (TPSA) is 21.3 Å². The van der Waals surface area contributed by atoms with Gasteiger partial charge < -0.3 is 10.1 Å². The van der Waals surface area contributed by atoms with Crippen LogP contribution in [-0.2, 0) is 11.2 Å². The van der Waals surface area contributed by atoms with Gasteiger partial charge in [-0.1, -0.05) is 13.0 Å². The molecule has 1 aromatic carbocycles. The summed E-state index contributed by atoms with van der Waals surface area (Å²) < 4.78 is 19.4. The third kappa shape index (κ3) is 4.34. The summed E-state index contributed by atoms with van der Waals surface area (Å²) in [5.41, 5.74) is 1.10. The van der Waals surface area contributed by atoms with Crippen LogP contribution in [0.3, 0.4) is 0 Å². The van der Waals surface area contributed by atoms with Crippen molar-refractivity contribution in [2.45, 2.75) is 38.8 Å². The van der Waals surface area contributed by atoms with E-state index in [9.17, 15) is 4.39 Å². The monoisotopic (exact) mass is 317 g/mol. The van der Waals surface area contributed by atoms with Crippen molar-refractivity contribution in [3.63, 3.8) is 0 Å². The smallest absolute Gasteiger partial charge is 0.137 e. The highest BCUT2D eigenvalue weighted by Gasteiger charge is 2.19. The Morgan fingerprint density at radius 1 is 1.39 bits per heavy atom. The molecule has 2 atom stereocenters. The van der Waals surface area contributed by atoms with Gasteiger partial charge >= 0.3 is 0 Å². The predicted molar refractivity (Wildman–Crippen MR) is 76.4 cm³/mol. The summed E-state index contributed by atoms with van der Waals surface area (Å²) in [5, 5.41) is 3.29. The van der Waals surface area contributed by atoms with Gasteiger partial charge in [-0.25, -0.2) is 4.39 Å². The van der Waals surface area contributed by atoms with Crippen LogP contribution in [-0.4, -0.2) is 25.8 Å². The fourth-order valence-electron chi connectivity index (χ4n) is 2.07. The van der Waals surface area contributed by atoms with Crippen LogP contribution in [0.1, 0.15) is 25.8 Å². The Morgan fingerprint density at radius 2 is 2.11 bits per heavy atom. The minimum Gasteiger partial charge on any atom is -0.377 e. The highest BCUT2D eigenvalue weighted by molar-refractivity contribution is 9.10. The van der Waals surface area contributed by atoms with E-state index in [4.69, 9.17) is 4.74 Å². The second-order valence-corrected chi connectivity index (χ2v) is 5.10. The molecule has 0 saturated carbocycles. The van der Waals surface area contributed by atoms with E-state index in [2.05, 4.69) is 28.2 Å². The lowest BCUT2D eigenvalue weighted by atomic mass is 9.99. The summed E-state index contributed by atoms with van der Waals surface area (Å²) in [6.07, 6.45) is 1.97. The van der Waals surface area contributed by atoms with Gasteiger partial charge in [0.25, 0.3) is 0 Å². The molecule has 0 fully saturated rings. The third-order valence-corrected chi connectivity index (χ3v) is 3.65. The van der Waals surface area contributed by atoms with Crippen molar-refractivity contribution in [2.24, 2.45) is 0 Å². The Hall–Kier alpha value is -0.450. The van der Waals surface area contributed by atoms with E-state index in [0.717, 1.165) is 18.4 Å². The van der Waals surface area contributed by atoms with Gasteiger partial charge in [-0.05, 0) is 60.4 Å². The average molecular weight is 318 g/mol. The molecule has 0 saturated heterocycles. The van der Waals surface area contributed by atoms with Crippen LogP contribution in [0.2, 0.25) is 0 Å². The first-order valence-corrected chi connectivity index (χ1v) is 7.14. The molecule has 2 nitrogen and oxygen atoms in total. The van der Waals surface area contributed by atoms with E-state index in [1.165, 1.54) is 6.07 Å². The molecule has 18 heavy (non-hydrogen) atoms. The fraction of sp³-hybridized carbons (Fsp3) is 0.571. The summed E-state index contributed by atoms with van der Waals surface area (Å²) in [6, 6.07) is 5.39. The van der Waals surface area contributed by atoms with E-state index in [1.54, 1.807) is 0 Å². The minimum absolute atomic E-state index is 0.184. The van der Waals surface area contributed by atoms with Crippen LogP contribution < -0.4 is 5.32 Å². The highest BCUT2D eigenvalue weighted by atomic mass is 79.9. The minimum atomic E-state index is -0.225. The van der Waals surface area contributed by atoms with Crippen LogP contribution >= 0.6 is 15.9 Å². The van der Waals surface area contributed by atoms with Gasteiger partial charge in [0.05, 0.1) is 10.6 Å². The lowest BCUT2D eigenvalue weighted by Gasteiger charge is -2.26. The Morgan fingerprint density at radius 3 is 2.61 bits per heavy atom. The average Bonchev–Trinajstić information content (AvgIpc) is 2.37. The molecule has 0 heterocycles. The first-order valence-electron chi connectivity index (χ1n) is 6.35. The van der Waals surface area contributed by atoms with E-state index in [1.807, 2.05) is 26.1 Å². The molecule has 0 aliphatic carbocycles. The lowest BCUT2D eigenvalue weighted by molar-refractivity contribution is 0.0339. The van der Waals surface area contributed by atoms with Crippen LogP contribution in [0, 0.1) is 5.82 Å². The zero-order valence-electron chi connectivity index (χ0n) is 11.2. The number of ether oxygens (including phenoxy) is 1. The molecule has 0 aliphatic heterocycles. The van der Waals surface area contributed by atoms with Crippen molar-refractivity contribution < 1.29 is 9.13 Å². The van der Waals surface area contributed by atoms with Crippen LogP contribution in [0.5, 0.6) is 0 Å². The number of halogens is 2.